The van der Waals surface area contributed by atoms with Gasteiger partial charge in [0, 0.05) is 12.2 Å². The molecular weight excluding hydrogens is 306 g/mol. The molecule has 0 radical (unpaired) electrons. The van der Waals surface area contributed by atoms with Crippen LogP contribution in [0, 0.1) is 0 Å². The number of aromatic nitrogens is 2. The number of aryl methyl sites for hydroxylation is 1. The Bertz CT molecular complexity index is 484. The number of rotatable bonds is 5. The molecule has 7 heteroatoms. The maximum atomic E-state index is 11.2. The summed E-state index contributed by atoms with van der Waals surface area (Å²) in [6.07, 6.45) is 6.50. The predicted octanol–water partition coefficient (Wildman–Crippen LogP) is 1.03. The minimum Gasteiger partial charge on any atom is -0.268 e. The fourth-order valence-corrected chi connectivity index (χ4v) is 3.06. The van der Waals surface area contributed by atoms with Crippen LogP contribution in [0.4, 0.5) is 0 Å². The van der Waals surface area contributed by atoms with E-state index in [0.717, 1.165) is 12.8 Å². The van der Waals surface area contributed by atoms with Crippen LogP contribution >= 0.6 is 15.9 Å². The van der Waals surface area contributed by atoms with Crippen molar-refractivity contribution in [2.24, 2.45) is 0 Å². The number of sulfonamides is 1. The van der Waals surface area contributed by atoms with Crippen molar-refractivity contribution >= 4 is 26.0 Å². The van der Waals surface area contributed by atoms with Gasteiger partial charge in [-0.2, -0.15) is 5.10 Å². The van der Waals surface area contributed by atoms with Crippen LogP contribution < -0.4 is 4.72 Å². The SMILES string of the molecule is O=S(=O)(CBr)NCCn1ncc2c1CCCC2. The second-order valence-electron chi connectivity index (χ2n) is 4.16. The van der Waals surface area contributed by atoms with Gasteiger partial charge in [-0.25, -0.2) is 13.1 Å². The molecule has 0 fully saturated rings. The van der Waals surface area contributed by atoms with Crippen molar-refractivity contribution in [3.8, 4) is 0 Å². The lowest BCUT2D eigenvalue weighted by Crippen LogP contribution is -2.28. The Kier molecular flexibility index (Phi) is 4.22. The van der Waals surface area contributed by atoms with Gasteiger partial charge >= 0.3 is 0 Å². The van der Waals surface area contributed by atoms with Crippen LogP contribution in [0.5, 0.6) is 0 Å². The lowest BCUT2D eigenvalue weighted by molar-refractivity contribution is 0.540. The molecule has 1 N–H and O–H groups in total. The van der Waals surface area contributed by atoms with Crippen LogP contribution in [0.3, 0.4) is 0 Å². The first kappa shape index (κ1) is 13.0. The van der Waals surface area contributed by atoms with E-state index in [1.165, 1.54) is 24.1 Å². The van der Waals surface area contributed by atoms with Gasteiger partial charge in [0.2, 0.25) is 10.0 Å². The zero-order valence-electron chi connectivity index (χ0n) is 9.52. The third kappa shape index (κ3) is 3.29. The molecule has 1 aliphatic rings. The molecule has 0 saturated heterocycles. The normalized spacial score (nSPS) is 15.8. The van der Waals surface area contributed by atoms with E-state index >= 15 is 0 Å². The van der Waals surface area contributed by atoms with Crippen molar-refractivity contribution in [2.75, 3.05) is 11.2 Å². The Balaban J connectivity index is 1.94. The van der Waals surface area contributed by atoms with Gasteiger partial charge in [0.05, 0.1) is 12.7 Å². The molecule has 96 valence electrons. The van der Waals surface area contributed by atoms with E-state index in [9.17, 15) is 8.42 Å². The molecule has 0 bridgehead atoms. The molecule has 5 nitrogen and oxygen atoms in total. The van der Waals surface area contributed by atoms with Gasteiger partial charge < -0.3 is 0 Å². The molecule has 1 aromatic heterocycles. The van der Waals surface area contributed by atoms with E-state index < -0.39 is 10.0 Å². The molecule has 0 aromatic carbocycles. The Morgan fingerprint density at radius 2 is 2.18 bits per heavy atom. The number of halogens is 1. The number of nitrogens with one attached hydrogen (secondary N) is 1. The predicted molar refractivity (Wildman–Crippen MR) is 69.6 cm³/mol. The average molecular weight is 322 g/mol. The van der Waals surface area contributed by atoms with Crippen LogP contribution in [0.15, 0.2) is 6.20 Å². The summed E-state index contributed by atoms with van der Waals surface area (Å²) in [5.74, 6) is 0. The molecular formula is C10H16BrN3O2S. The molecule has 0 saturated carbocycles. The van der Waals surface area contributed by atoms with Crippen LogP contribution in [0.1, 0.15) is 24.1 Å². The molecule has 1 aliphatic carbocycles. The summed E-state index contributed by atoms with van der Waals surface area (Å²) in [7, 11) is -3.17. The Hall–Kier alpha value is -0.400. The molecule has 1 aromatic rings. The van der Waals surface area contributed by atoms with Gasteiger partial charge in [-0.05, 0) is 31.2 Å². The third-order valence-electron chi connectivity index (χ3n) is 2.93. The minimum atomic E-state index is -3.17. The van der Waals surface area contributed by atoms with Crippen LogP contribution in [0.25, 0.3) is 0 Å². The first-order valence-corrected chi connectivity index (χ1v) is 8.46. The zero-order chi connectivity index (χ0) is 12.3. The monoisotopic (exact) mass is 321 g/mol. The summed E-state index contributed by atoms with van der Waals surface area (Å²) in [6.45, 7) is 0.990. The van der Waals surface area contributed by atoms with Crippen molar-refractivity contribution in [1.29, 1.82) is 0 Å². The lowest BCUT2D eigenvalue weighted by atomic mass is 9.98. The van der Waals surface area contributed by atoms with E-state index in [1.807, 2.05) is 10.9 Å². The lowest BCUT2D eigenvalue weighted by Gasteiger charge is -2.13. The smallest absolute Gasteiger partial charge is 0.221 e. The van der Waals surface area contributed by atoms with Gasteiger partial charge in [-0.1, -0.05) is 15.9 Å². The van der Waals surface area contributed by atoms with Gasteiger partial charge in [-0.15, -0.1) is 0 Å². The number of hydrogen-bond donors (Lipinski definition) is 1. The van der Waals surface area contributed by atoms with Crippen molar-refractivity contribution in [3.05, 3.63) is 17.5 Å². The van der Waals surface area contributed by atoms with Crippen molar-refractivity contribution in [3.63, 3.8) is 0 Å². The standard InChI is InChI=1S/C10H16BrN3O2S/c11-8-17(15,16)13-5-6-14-10-4-2-1-3-9(10)7-12-14/h7,13H,1-6,8H2. The summed E-state index contributed by atoms with van der Waals surface area (Å²) < 4.78 is 26.8. The quantitative estimate of drug-likeness (QED) is 0.824. The summed E-state index contributed by atoms with van der Waals surface area (Å²) in [6, 6.07) is 0. The summed E-state index contributed by atoms with van der Waals surface area (Å²) in [5.41, 5.74) is 2.59. The molecule has 0 spiro atoms. The molecule has 2 rings (SSSR count). The molecule has 0 aliphatic heterocycles. The van der Waals surface area contributed by atoms with Crippen LogP contribution in [0.2, 0.25) is 0 Å². The third-order valence-corrected chi connectivity index (χ3v) is 5.67. The zero-order valence-corrected chi connectivity index (χ0v) is 11.9. The van der Waals surface area contributed by atoms with Crippen LogP contribution in [-0.2, 0) is 29.4 Å². The Labute approximate surface area is 110 Å². The highest BCUT2D eigenvalue weighted by molar-refractivity contribution is 9.10. The highest BCUT2D eigenvalue weighted by Gasteiger charge is 2.15. The maximum absolute atomic E-state index is 11.2. The fourth-order valence-electron chi connectivity index (χ4n) is 2.09. The molecule has 1 heterocycles. The summed E-state index contributed by atoms with van der Waals surface area (Å²) in [5, 5.41) is 4.31. The van der Waals surface area contributed by atoms with Gasteiger partial charge in [-0.3, -0.25) is 4.68 Å². The molecule has 17 heavy (non-hydrogen) atoms. The van der Waals surface area contributed by atoms with Crippen molar-refractivity contribution in [1.82, 2.24) is 14.5 Å². The van der Waals surface area contributed by atoms with Crippen LogP contribution in [-0.4, -0.2) is 29.4 Å². The van der Waals surface area contributed by atoms with E-state index in [1.54, 1.807) is 0 Å². The second-order valence-corrected chi connectivity index (χ2v) is 7.27. The van der Waals surface area contributed by atoms with Crippen molar-refractivity contribution in [2.45, 2.75) is 32.2 Å². The first-order chi connectivity index (χ1) is 8.12. The Morgan fingerprint density at radius 3 is 2.94 bits per heavy atom. The number of alkyl halides is 1. The minimum absolute atomic E-state index is 0.0583. The summed E-state index contributed by atoms with van der Waals surface area (Å²) >= 11 is 2.94. The van der Waals surface area contributed by atoms with E-state index in [0.29, 0.717) is 13.1 Å². The molecule has 0 amide bonds. The van der Waals surface area contributed by atoms with Gasteiger partial charge in [0.15, 0.2) is 0 Å². The van der Waals surface area contributed by atoms with Gasteiger partial charge in [0.25, 0.3) is 0 Å². The highest BCUT2D eigenvalue weighted by atomic mass is 79.9. The summed E-state index contributed by atoms with van der Waals surface area (Å²) in [4.78, 5) is 0. The number of fused-ring (bicyclic) bond motifs is 1. The second kappa shape index (κ2) is 5.49. The molecule has 0 atom stereocenters. The maximum Gasteiger partial charge on any atom is 0.221 e. The average Bonchev–Trinajstić information content (AvgIpc) is 2.73. The molecule has 0 unspecified atom stereocenters. The largest absolute Gasteiger partial charge is 0.268 e. The van der Waals surface area contributed by atoms with Crippen molar-refractivity contribution < 1.29 is 8.42 Å². The van der Waals surface area contributed by atoms with E-state index in [2.05, 4.69) is 25.8 Å². The van der Waals surface area contributed by atoms with E-state index in [4.69, 9.17) is 0 Å². The van der Waals surface area contributed by atoms with E-state index in [-0.39, 0.29) is 4.66 Å². The first-order valence-electron chi connectivity index (χ1n) is 5.69. The van der Waals surface area contributed by atoms with Gasteiger partial charge in [0.1, 0.15) is 4.66 Å². The number of hydrogen-bond acceptors (Lipinski definition) is 3. The fraction of sp³-hybridized carbons (Fsp3) is 0.700. The topological polar surface area (TPSA) is 64.0 Å². The number of nitrogens with zero attached hydrogens (tertiary/aromatic N) is 2. The Morgan fingerprint density at radius 1 is 1.41 bits per heavy atom. The highest BCUT2D eigenvalue weighted by Crippen LogP contribution is 2.20.